The largest absolute Gasteiger partial charge is 0.462 e. The highest BCUT2D eigenvalue weighted by Crippen LogP contribution is 2.48. The Kier molecular flexibility index (Phi) is 12.4. The monoisotopic (exact) mass is 944 g/mol. The third kappa shape index (κ3) is 8.39. The number of carbonyl (C=O) groups is 4. The molecule has 1 unspecified atom stereocenters. The Morgan fingerprint density at radius 2 is 1.66 bits per heavy atom. The van der Waals surface area contributed by atoms with Gasteiger partial charge in [0.2, 0.25) is 18.0 Å². The number of ether oxygens (including phenoxy) is 3. The SMILES string of the molecule is COC(=O)N[C@H](C(=O)N(C)[C@@H](C)c1nc(-c2cc(F)c3c(c2)OC(c2nc4ccccc4s2)n2c-3cc3cc(-c4cnc([C@@H]5CCCN5C(=O)[C@@H](NC(=O)OC)C(C)C)[nH]4)ccc32)c[nH]1)C(C)C. The highest BCUT2D eigenvalue weighted by molar-refractivity contribution is 7.18. The van der Waals surface area contributed by atoms with E-state index >= 15 is 4.39 Å². The second-order valence-electron chi connectivity index (χ2n) is 17.9. The van der Waals surface area contributed by atoms with Gasteiger partial charge in [0.25, 0.3) is 0 Å². The number of amides is 4. The first-order valence-electron chi connectivity index (χ1n) is 22.5. The lowest BCUT2D eigenvalue weighted by Crippen LogP contribution is -2.51. The predicted octanol–water partition coefficient (Wildman–Crippen LogP) is 8.72. The molecule has 354 valence electrons. The maximum Gasteiger partial charge on any atom is 0.407 e. The summed E-state index contributed by atoms with van der Waals surface area (Å²) in [5, 5.41) is 6.84. The van der Waals surface area contributed by atoms with Crippen molar-refractivity contribution in [2.75, 3.05) is 27.8 Å². The minimum atomic E-state index is -0.824. The van der Waals surface area contributed by atoms with Crippen LogP contribution in [0.2, 0.25) is 0 Å². The first-order valence-corrected chi connectivity index (χ1v) is 23.3. The summed E-state index contributed by atoms with van der Waals surface area (Å²) in [7, 11) is 4.15. The number of hydrogen-bond acceptors (Lipinski definition) is 11. The molecule has 4 amide bonds. The van der Waals surface area contributed by atoms with E-state index < -0.39 is 42.4 Å². The minimum absolute atomic E-state index is 0.161. The van der Waals surface area contributed by atoms with Crippen molar-refractivity contribution >= 4 is 56.5 Å². The van der Waals surface area contributed by atoms with Crippen LogP contribution in [-0.4, -0.2) is 103 Å². The number of nitrogens with zero attached hydrogens (tertiary/aromatic N) is 6. The van der Waals surface area contributed by atoms with Gasteiger partial charge in [-0.1, -0.05) is 45.9 Å². The van der Waals surface area contributed by atoms with Crippen molar-refractivity contribution in [3.05, 3.63) is 95.5 Å². The van der Waals surface area contributed by atoms with Gasteiger partial charge in [-0.2, -0.15) is 0 Å². The Balaban J connectivity index is 1.04. The van der Waals surface area contributed by atoms with E-state index in [4.69, 9.17) is 29.2 Å². The summed E-state index contributed by atoms with van der Waals surface area (Å²) in [6.45, 7) is 9.77. The molecular formula is C49H53FN10O7S. The van der Waals surface area contributed by atoms with Gasteiger partial charge in [-0.15, -0.1) is 11.3 Å². The fourth-order valence-electron chi connectivity index (χ4n) is 9.09. The van der Waals surface area contributed by atoms with E-state index in [1.54, 1.807) is 30.4 Å². The number of aromatic nitrogens is 6. The van der Waals surface area contributed by atoms with Crippen LogP contribution in [0.4, 0.5) is 14.0 Å². The molecule has 0 spiro atoms. The van der Waals surface area contributed by atoms with Crippen molar-refractivity contribution in [2.24, 2.45) is 11.8 Å². The first-order chi connectivity index (χ1) is 32.6. The molecule has 0 saturated carbocycles. The number of fused-ring (bicyclic) bond motifs is 6. The van der Waals surface area contributed by atoms with Crippen LogP contribution in [0, 0.1) is 17.7 Å². The summed E-state index contributed by atoms with van der Waals surface area (Å²) in [4.78, 5) is 76.0. The van der Waals surface area contributed by atoms with E-state index in [0.717, 1.165) is 38.8 Å². The van der Waals surface area contributed by atoms with Crippen molar-refractivity contribution in [1.82, 2.24) is 49.9 Å². The van der Waals surface area contributed by atoms with Gasteiger partial charge in [0, 0.05) is 36.3 Å². The molecule has 0 bridgehead atoms. The maximum absolute atomic E-state index is 16.9. The number of halogens is 1. The number of likely N-dealkylation sites (tertiary alicyclic amines) is 1. The van der Waals surface area contributed by atoms with Crippen molar-refractivity contribution in [3.8, 4) is 39.5 Å². The number of methoxy groups -OCH3 is 2. The Labute approximate surface area is 395 Å². The topological polar surface area (TPSA) is 202 Å². The molecule has 4 N–H and O–H groups in total. The van der Waals surface area contributed by atoms with Crippen LogP contribution in [-0.2, 0) is 19.1 Å². The number of para-hydroxylation sites is 1. The van der Waals surface area contributed by atoms with Gasteiger partial charge in [0.05, 0.1) is 70.9 Å². The standard InChI is InChI=1S/C49H53FN10O7S/c1-24(2)40(56-48(63)65-7)45(61)58(6)26(5)42-51-23-33(53-42)28-19-30(50)39-36-20-29-18-27(15-16-34(29)60(36)47(67-37(39)21-28)44-55-31-12-9-10-14-38(31)68-44)32-22-52-43(54-32)35-13-11-17-59(35)46(62)41(25(3)4)57-49(64)66-8/h9-10,12,14-16,18-26,35,40-41,47H,11,13,17H2,1-8H3,(H,51,53)(H,52,54)(H,56,63)(H,57,64)/t26-,35-,40-,41-,47?/m0/s1. The van der Waals surface area contributed by atoms with E-state index in [9.17, 15) is 19.2 Å². The van der Waals surface area contributed by atoms with Crippen LogP contribution < -0.4 is 15.4 Å². The van der Waals surface area contributed by atoms with Gasteiger partial charge in [0.15, 0.2) is 5.01 Å². The highest BCUT2D eigenvalue weighted by Gasteiger charge is 2.39. The van der Waals surface area contributed by atoms with Crippen molar-refractivity contribution in [2.45, 2.75) is 77.9 Å². The molecule has 0 radical (unpaired) electrons. The lowest BCUT2D eigenvalue weighted by molar-refractivity contribution is -0.136. The zero-order valence-corrected chi connectivity index (χ0v) is 39.7. The molecule has 6 heterocycles. The summed E-state index contributed by atoms with van der Waals surface area (Å²) >= 11 is 1.50. The summed E-state index contributed by atoms with van der Waals surface area (Å²) in [6.07, 6.45) is 2.81. The number of carbonyl (C=O) groups excluding carboxylic acids is 4. The number of thiazole rings is 1. The maximum atomic E-state index is 16.9. The van der Waals surface area contributed by atoms with Crippen LogP contribution >= 0.6 is 11.3 Å². The molecule has 9 rings (SSSR count). The highest BCUT2D eigenvalue weighted by atomic mass is 32.1. The van der Waals surface area contributed by atoms with Gasteiger partial charge in [-0.25, -0.2) is 28.9 Å². The van der Waals surface area contributed by atoms with Gasteiger partial charge in [-0.3, -0.25) is 14.2 Å². The fraction of sp³-hybridized carbons (Fsp3) is 0.367. The Morgan fingerprint density at radius 3 is 2.38 bits per heavy atom. The second-order valence-corrected chi connectivity index (χ2v) is 18.9. The summed E-state index contributed by atoms with van der Waals surface area (Å²) < 4.78 is 36.2. The quantitative estimate of drug-likeness (QED) is 0.0918. The van der Waals surface area contributed by atoms with Gasteiger partial charge in [0.1, 0.15) is 35.3 Å². The number of benzene rings is 3. The molecule has 1 fully saturated rings. The van der Waals surface area contributed by atoms with Crippen LogP contribution in [0.25, 0.3) is 54.9 Å². The zero-order valence-electron chi connectivity index (χ0n) is 38.9. The smallest absolute Gasteiger partial charge is 0.407 e. The van der Waals surface area contributed by atoms with Gasteiger partial charge in [-0.05, 0) is 74.1 Å². The molecule has 1 saturated heterocycles. The van der Waals surface area contributed by atoms with Crippen LogP contribution in [0.5, 0.6) is 5.75 Å². The molecule has 68 heavy (non-hydrogen) atoms. The van der Waals surface area contributed by atoms with Crippen LogP contribution in [0.3, 0.4) is 0 Å². The number of likely N-dealkylation sites (N-methyl/N-ethyl adjacent to an activating group) is 1. The van der Waals surface area contributed by atoms with E-state index in [0.29, 0.717) is 52.3 Å². The molecule has 7 aromatic rings. The normalized spacial score (nSPS) is 16.8. The number of alkyl carbamates (subject to hydrolysis) is 2. The molecule has 3 aromatic carbocycles. The average Bonchev–Trinajstić information content (AvgIpc) is 4.19. The number of nitrogens with one attached hydrogen (secondary N) is 4. The van der Waals surface area contributed by atoms with Gasteiger partial charge >= 0.3 is 12.2 Å². The lowest BCUT2D eigenvalue weighted by atomic mass is 10.0. The molecular weight excluding hydrogens is 892 g/mol. The van der Waals surface area contributed by atoms with E-state index in [1.807, 2.05) is 87.7 Å². The Morgan fingerprint density at radius 1 is 0.926 bits per heavy atom. The molecule has 2 aliphatic rings. The van der Waals surface area contributed by atoms with Crippen molar-refractivity contribution in [1.29, 1.82) is 0 Å². The fourth-order valence-corrected chi connectivity index (χ4v) is 10.1. The Bertz CT molecular complexity index is 3030. The van der Waals surface area contributed by atoms with E-state index in [1.165, 1.54) is 36.5 Å². The van der Waals surface area contributed by atoms with Crippen molar-refractivity contribution in [3.63, 3.8) is 0 Å². The van der Waals surface area contributed by atoms with Crippen molar-refractivity contribution < 1.29 is 37.8 Å². The van der Waals surface area contributed by atoms with Gasteiger partial charge < -0.3 is 44.6 Å². The van der Waals surface area contributed by atoms with Crippen LogP contribution in [0.1, 0.15) is 82.4 Å². The number of H-pyrrole nitrogens is 2. The summed E-state index contributed by atoms with van der Waals surface area (Å²) in [5.74, 6) is 0.0196. The zero-order chi connectivity index (χ0) is 48.1. The molecule has 5 atom stereocenters. The summed E-state index contributed by atoms with van der Waals surface area (Å²) in [5.41, 5.74) is 5.01. The number of rotatable bonds is 12. The van der Waals surface area contributed by atoms with E-state index in [2.05, 4.69) is 20.6 Å². The third-order valence-corrected chi connectivity index (χ3v) is 14.0. The number of imidazole rings is 2. The lowest BCUT2D eigenvalue weighted by Gasteiger charge is -2.30. The minimum Gasteiger partial charge on any atom is -0.462 e. The number of aromatic amines is 2. The summed E-state index contributed by atoms with van der Waals surface area (Å²) in [6, 6.07) is 16.6. The molecule has 2 aliphatic heterocycles. The van der Waals surface area contributed by atoms with E-state index in [-0.39, 0.29) is 35.3 Å². The predicted molar refractivity (Wildman–Crippen MR) is 254 cm³/mol. The number of hydrogen-bond donors (Lipinski definition) is 4. The molecule has 19 heteroatoms. The molecule has 17 nitrogen and oxygen atoms in total. The second kappa shape index (κ2) is 18.4. The molecule has 0 aliphatic carbocycles. The Hall–Kier alpha value is -7.28. The average molecular weight is 945 g/mol. The first kappa shape index (κ1) is 45.9. The van der Waals surface area contributed by atoms with Crippen LogP contribution in [0.15, 0.2) is 73.1 Å². The molecule has 4 aromatic heterocycles. The third-order valence-electron chi connectivity index (χ3n) is 12.9.